The summed E-state index contributed by atoms with van der Waals surface area (Å²) in [5.41, 5.74) is 7.83. The van der Waals surface area contributed by atoms with Crippen molar-refractivity contribution in [2.45, 2.75) is 19.3 Å². The highest BCUT2D eigenvalue weighted by molar-refractivity contribution is 5.82. The maximum absolute atomic E-state index is 5.45. The summed E-state index contributed by atoms with van der Waals surface area (Å²) in [6.45, 7) is 1.82. The second-order valence-electron chi connectivity index (χ2n) is 4.06. The summed E-state index contributed by atoms with van der Waals surface area (Å²) in [5.74, 6) is 0. The van der Waals surface area contributed by atoms with Gasteiger partial charge in [-0.2, -0.15) is 0 Å². The van der Waals surface area contributed by atoms with E-state index in [4.69, 9.17) is 5.73 Å². The molecule has 0 aliphatic rings. The Bertz CT molecular complexity index is 433. The van der Waals surface area contributed by atoms with E-state index in [2.05, 4.69) is 34.6 Å². The molecule has 0 saturated heterocycles. The number of fused-ring (bicyclic) bond motifs is 1. The molecule has 4 N–H and O–H groups in total. The molecule has 0 unspecified atom stereocenters. The van der Waals surface area contributed by atoms with Crippen molar-refractivity contribution >= 4 is 16.6 Å². The normalized spacial score (nSPS) is 10.8. The third-order valence-corrected chi connectivity index (χ3v) is 2.76. The van der Waals surface area contributed by atoms with E-state index in [0.29, 0.717) is 0 Å². The number of rotatable bonds is 6. The van der Waals surface area contributed by atoms with E-state index in [0.717, 1.165) is 19.5 Å². The lowest BCUT2D eigenvalue weighted by molar-refractivity contribution is 0.707. The number of unbranched alkanes of at least 4 members (excludes halogenated alkanes) is 2. The molecule has 2 rings (SSSR count). The molecular formula is C13H19N3. The Morgan fingerprint density at radius 2 is 2.06 bits per heavy atom. The average molecular weight is 217 g/mol. The molecule has 0 spiro atoms. The van der Waals surface area contributed by atoms with Crippen LogP contribution in [0.25, 0.3) is 10.9 Å². The molecule has 0 atom stereocenters. The molecule has 0 amide bonds. The standard InChI is InChI=1S/C13H19N3/c14-7-2-1-3-8-15-12-4-5-13-11(10-12)6-9-16-13/h4-6,9-10,15-16H,1-3,7-8,14H2. The van der Waals surface area contributed by atoms with E-state index >= 15 is 0 Å². The SMILES string of the molecule is NCCCCCNc1ccc2[nH]ccc2c1. The van der Waals surface area contributed by atoms with Gasteiger partial charge in [-0.1, -0.05) is 6.42 Å². The monoisotopic (exact) mass is 217 g/mol. The number of anilines is 1. The van der Waals surface area contributed by atoms with Crippen molar-refractivity contribution in [2.75, 3.05) is 18.4 Å². The van der Waals surface area contributed by atoms with E-state index in [1.165, 1.54) is 29.4 Å². The first-order valence-corrected chi connectivity index (χ1v) is 5.91. The van der Waals surface area contributed by atoms with Crippen LogP contribution in [0, 0.1) is 0 Å². The van der Waals surface area contributed by atoms with E-state index < -0.39 is 0 Å². The van der Waals surface area contributed by atoms with Crippen LogP contribution >= 0.6 is 0 Å². The number of H-pyrrole nitrogens is 1. The second-order valence-corrected chi connectivity index (χ2v) is 4.06. The summed E-state index contributed by atoms with van der Waals surface area (Å²) in [6.07, 6.45) is 5.48. The van der Waals surface area contributed by atoms with Crippen molar-refractivity contribution in [1.82, 2.24) is 4.98 Å². The molecule has 16 heavy (non-hydrogen) atoms. The van der Waals surface area contributed by atoms with Crippen LogP contribution in [0.2, 0.25) is 0 Å². The van der Waals surface area contributed by atoms with Crippen molar-refractivity contribution in [2.24, 2.45) is 5.73 Å². The molecule has 0 aliphatic carbocycles. The highest BCUT2D eigenvalue weighted by Crippen LogP contribution is 2.17. The van der Waals surface area contributed by atoms with Gasteiger partial charge in [-0.3, -0.25) is 0 Å². The predicted molar refractivity (Wildman–Crippen MR) is 69.7 cm³/mol. The number of aromatic nitrogens is 1. The van der Waals surface area contributed by atoms with Crippen molar-refractivity contribution in [3.8, 4) is 0 Å². The molecule has 1 aromatic carbocycles. The molecule has 3 nitrogen and oxygen atoms in total. The Morgan fingerprint density at radius 3 is 2.94 bits per heavy atom. The predicted octanol–water partition coefficient (Wildman–Crippen LogP) is 2.71. The summed E-state index contributed by atoms with van der Waals surface area (Å²) in [4.78, 5) is 3.19. The Kier molecular flexibility index (Phi) is 3.83. The van der Waals surface area contributed by atoms with Gasteiger partial charge in [0.05, 0.1) is 0 Å². The first-order valence-electron chi connectivity index (χ1n) is 5.91. The third-order valence-electron chi connectivity index (χ3n) is 2.76. The van der Waals surface area contributed by atoms with Gasteiger partial charge in [-0.25, -0.2) is 0 Å². The number of hydrogen-bond donors (Lipinski definition) is 3. The zero-order valence-electron chi connectivity index (χ0n) is 9.50. The Morgan fingerprint density at radius 1 is 1.12 bits per heavy atom. The molecule has 0 fully saturated rings. The maximum atomic E-state index is 5.45. The summed E-state index contributed by atoms with van der Waals surface area (Å²) >= 11 is 0. The van der Waals surface area contributed by atoms with Crippen molar-refractivity contribution in [3.63, 3.8) is 0 Å². The first kappa shape index (κ1) is 11.0. The van der Waals surface area contributed by atoms with Crippen LogP contribution in [0.4, 0.5) is 5.69 Å². The minimum Gasteiger partial charge on any atom is -0.385 e. The largest absolute Gasteiger partial charge is 0.385 e. The topological polar surface area (TPSA) is 53.8 Å². The summed E-state index contributed by atoms with van der Waals surface area (Å²) in [7, 11) is 0. The molecule has 1 heterocycles. The molecule has 0 radical (unpaired) electrons. The Labute approximate surface area is 96.0 Å². The zero-order valence-corrected chi connectivity index (χ0v) is 9.50. The van der Waals surface area contributed by atoms with Gasteiger partial charge in [0.2, 0.25) is 0 Å². The van der Waals surface area contributed by atoms with Crippen LogP contribution in [0.15, 0.2) is 30.5 Å². The number of benzene rings is 1. The second kappa shape index (κ2) is 5.56. The molecule has 3 heteroatoms. The smallest absolute Gasteiger partial charge is 0.0455 e. The van der Waals surface area contributed by atoms with Crippen LogP contribution in [-0.2, 0) is 0 Å². The average Bonchev–Trinajstić information content (AvgIpc) is 2.76. The fraction of sp³-hybridized carbons (Fsp3) is 0.385. The molecule has 0 saturated carbocycles. The number of nitrogens with two attached hydrogens (primary N) is 1. The van der Waals surface area contributed by atoms with E-state index in [-0.39, 0.29) is 0 Å². The Hall–Kier alpha value is -1.48. The maximum Gasteiger partial charge on any atom is 0.0455 e. The highest BCUT2D eigenvalue weighted by atomic mass is 14.9. The summed E-state index contributed by atoms with van der Waals surface area (Å²) in [6, 6.07) is 8.49. The Balaban J connectivity index is 1.84. The molecule has 2 aromatic rings. The van der Waals surface area contributed by atoms with Crippen molar-refractivity contribution in [3.05, 3.63) is 30.5 Å². The summed E-state index contributed by atoms with van der Waals surface area (Å²) in [5, 5.41) is 4.69. The highest BCUT2D eigenvalue weighted by Gasteiger charge is 1.96. The van der Waals surface area contributed by atoms with Gasteiger partial charge in [0, 0.05) is 29.3 Å². The van der Waals surface area contributed by atoms with Crippen LogP contribution < -0.4 is 11.1 Å². The number of hydrogen-bond acceptors (Lipinski definition) is 2. The van der Waals surface area contributed by atoms with E-state index in [1.54, 1.807) is 0 Å². The van der Waals surface area contributed by atoms with Crippen LogP contribution in [0.3, 0.4) is 0 Å². The fourth-order valence-corrected chi connectivity index (χ4v) is 1.84. The van der Waals surface area contributed by atoms with Gasteiger partial charge in [0.15, 0.2) is 0 Å². The molecule has 86 valence electrons. The van der Waals surface area contributed by atoms with Gasteiger partial charge in [-0.15, -0.1) is 0 Å². The molecule has 1 aromatic heterocycles. The lowest BCUT2D eigenvalue weighted by atomic mass is 10.2. The minimum absolute atomic E-state index is 0.801. The van der Waals surface area contributed by atoms with Crippen LogP contribution in [0.1, 0.15) is 19.3 Å². The zero-order chi connectivity index (χ0) is 11.2. The fourth-order valence-electron chi connectivity index (χ4n) is 1.84. The molecular weight excluding hydrogens is 198 g/mol. The molecule has 0 aliphatic heterocycles. The number of nitrogens with one attached hydrogen (secondary N) is 2. The molecule has 0 bridgehead atoms. The quantitative estimate of drug-likeness (QED) is 0.652. The van der Waals surface area contributed by atoms with Gasteiger partial charge in [0.1, 0.15) is 0 Å². The van der Waals surface area contributed by atoms with Crippen molar-refractivity contribution in [1.29, 1.82) is 0 Å². The van der Waals surface area contributed by atoms with Gasteiger partial charge in [-0.05, 0) is 43.7 Å². The van der Waals surface area contributed by atoms with Gasteiger partial charge >= 0.3 is 0 Å². The van der Waals surface area contributed by atoms with Crippen LogP contribution in [-0.4, -0.2) is 18.1 Å². The van der Waals surface area contributed by atoms with Gasteiger partial charge in [0.25, 0.3) is 0 Å². The van der Waals surface area contributed by atoms with E-state index in [9.17, 15) is 0 Å². The van der Waals surface area contributed by atoms with Crippen LogP contribution in [0.5, 0.6) is 0 Å². The van der Waals surface area contributed by atoms with Gasteiger partial charge < -0.3 is 16.0 Å². The van der Waals surface area contributed by atoms with Crippen molar-refractivity contribution < 1.29 is 0 Å². The minimum atomic E-state index is 0.801. The first-order chi connectivity index (χ1) is 7.90. The summed E-state index contributed by atoms with van der Waals surface area (Å²) < 4.78 is 0. The lowest BCUT2D eigenvalue weighted by Crippen LogP contribution is -2.03. The lowest BCUT2D eigenvalue weighted by Gasteiger charge is -2.06. The van der Waals surface area contributed by atoms with E-state index in [1.807, 2.05) is 6.20 Å². The third kappa shape index (κ3) is 2.76. The number of aromatic amines is 1.